The van der Waals surface area contributed by atoms with Crippen LogP contribution in [0.25, 0.3) is 0 Å². The largest absolute Gasteiger partial charge is 0.467 e. The van der Waals surface area contributed by atoms with Crippen LogP contribution in [0.4, 0.5) is 0 Å². The van der Waals surface area contributed by atoms with Crippen molar-refractivity contribution in [3.05, 3.63) is 17.9 Å². The van der Waals surface area contributed by atoms with E-state index in [1.807, 2.05) is 0 Å². The van der Waals surface area contributed by atoms with E-state index in [0.717, 1.165) is 12.8 Å². The number of ether oxygens (including phenoxy) is 1. The number of hydrogen-bond acceptors (Lipinski definition) is 3. The molecule has 0 aromatic heterocycles. The minimum absolute atomic E-state index is 0.531. The zero-order chi connectivity index (χ0) is 12.4. The first kappa shape index (κ1) is 14.9. The highest BCUT2D eigenvalue weighted by Crippen LogP contribution is 2.14. The first-order valence-electron chi connectivity index (χ1n) is 5.82. The van der Waals surface area contributed by atoms with Gasteiger partial charge in [-0.15, -0.1) is 5.73 Å². The second kappa shape index (κ2) is 9.20. The molecule has 0 aliphatic rings. The number of carbonyl (C=O) groups excluding carboxylic acids is 1. The number of aliphatic hydroxyl groups excluding tert-OH is 1. The Kier molecular flexibility index (Phi) is 8.59. The Balaban J connectivity index is 3.94. The van der Waals surface area contributed by atoms with Crippen LogP contribution >= 0.6 is 0 Å². The molecule has 0 radical (unpaired) electrons. The number of hydrogen-bond donors (Lipinski definition) is 1. The van der Waals surface area contributed by atoms with Gasteiger partial charge in [-0.25, -0.2) is 4.79 Å². The quantitative estimate of drug-likeness (QED) is 0.393. The highest BCUT2D eigenvalue weighted by molar-refractivity contribution is 5.77. The van der Waals surface area contributed by atoms with Crippen molar-refractivity contribution in [1.82, 2.24) is 0 Å². The second-order valence-corrected chi connectivity index (χ2v) is 3.79. The molecule has 0 fully saturated rings. The molecule has 0 spiro atoms. The highest BCUT2D eigenvalue weighted by Gasteiger charge is 2.19. The fourth-order valence-electron chi connectivity index (χ4n) is 1.49. The Morgan fingerprint density at radius 3 is 2.50 bits per heavy atom. The average Bonchev–Trinajstić information content (AvgIpc) is 2.32. The summed E-state index contributed by atoms with van der Waals surface area (Å²) in [4.78, 5) is 11.1. The standard InChI is InChI=1S/C13H22O3/c1-4-6-7-8-9-10-11(5-2)12(14)13(15)16-3/h12,14H,2,4,6-10H2,1,3H3/t12-/m0/s1. The van der Waals surface area contributed by atoms with E-state index >= 15 is 0 Å². The van der Waals surface area contributed by atoms with Crippen LogP contribution < -0.4 is 0 Å². The summed E-state index contributed by atoms with van der Waals surface area (Å²) < 4.78 is 4.46. The first-order chi connectivity index (χ1) is 7.67. The average molecular weight is 226 g/mol. The summed E-state index contributed by atoms with van der Waals surface area (Å²) in [5, 5.41) is 9.57. The lowest BCUT2D eigenvalue weighted by molar-refractivity contribution is -0.148. The number of unbranched alkanes of at least 4 members (excludes halogenated alkanes) is 4. The third-order valence-corrected chi connectivity index (χ3v) is 2.53. The van der Waals surface area contributed by atoms with Crippen molar-refractivity contribution in [2.75, 3.05) is 7.11 Å². The zero-order valence-corrected chi connectivity index (χ0v) is 10.3. The number of rotatable bonds is 8. The van der Waals surface area contributed by atoms with Gasteiger partial charge in [0, 0.05) is 5.57 Å². The minimum Gasteiger partial charge on any atom is -0.467 e. The van der Waals surface area contributed by atoms with Crippen LogP contribution in [0.15, 0.2) is 17.9 Å². The lowest BCUT2D eigenvalue weighted by Crippen LogP contribution is -2.23. The molecule has 0 saturated carbocycles. The molecule has 0 unspecified atom stereocenters. The Morgan fingerprint density at radius 1 is 1.38 bits per heavy atom. The highest BCUT2D eigenvalue weighted by atomic mass is 16.5. The maximum absolute atomic E-state index is 11.1. The summed E-state index contributed by atoms with van der Waals surface area (Å²) in [6.07, 6.45) is 5.13. The van der Waals surface area contributed by atoms with Crippen molar-refractivity contribution in [2.24, 2.45) is 0 Å². The molecule has 1 N–H and O–H groups in total. The van der Waals surface area contributed by atoms with E-state index in [4.69, 9.17) is 0 Å². The van der Waals surface area contributed by atoms with Crippen molar-refractivity contribution in [3.63, 3.8) is 0 Å². The summed E-state index contributed by atoms with van der Waals surface area (Å²) in [6.45, 7) is 5.65. The molecule has 92 valence electrons. The van der Waals surface area contributed by atoms with Gasteiger partial charge < -0.3 is 9.84 Å². The van der Waals surface area contributed by atoms with Gasteiger partial charge >= 0.3 is 5.97 Å². The molecule has 0 aromatic rings. The van der Waals surface area contributed by atoms with Gasteiger partial charge in [-0.2, -0.15) is 0 Å². The molecule has 3 heteroatoms. The fraction of sp³-hybridized carbons (Fsp3) is 0.692. The molecule has 0 aliphatic heterocycles. The van der Waals surface area contributed by atoms with Crippen molar-refractivity contribution >= 4 is 5.97 Å². The minimum atomic E-state index is -1.20. The van der Waals surface area contributed by atoms with E-state index in [-0.39, 0.29) is 0 Å². The number of methoxy groups -OCH3 is 1. The predicted molar refractivity (Wildman–Crippen MR) is 64.1 cm³/mol. The van der Waals surface area contributed by atoms with E-state index in [9.17, 15) is 9.90 Å². The van der Waals surface area contributed by atoms with Crippen LogP contribution in [0.1, 0.15) is 45.4 Å². The lowest BCUT2D eigenvalue weighted by atomic mass is 10.0. The molecule has 3 nitrogen and oxygen atoms in total. The molecule has 0 heterocycles. The molecule has 1 atom stereocenters. The second-order valence-electron chi connectivity index (χ2n) is 3.79. The molecule has 0 bridgehead atoms. The third-order valence-electron chi connectivity index (χ3n) is 2.53. The van der Waals surface area contributed by atoms with Crippen LogP contribution in [-0.2, 0) is 9.53 Å². The summed E-state index contributed by atoms with van der Waals surface area (Å²) in [5.41, 5.74) is 3.15. The Hall–Kier alpha value is -1.05. The SMILES string of the molecule is C=C=C(CCCCCCC)[C@H](O)C(=O)OC. The topological polar surface area (TPSA) is 46.5 Å². The normalized spacial score (nSPS) is 11.7. The van der Waals surface area contributed by atoms with Gasteiger partial charge in [-0.05, 0) is 12.8 Å². The smallest absolute Gasteiger partial charge is 0.339 e. The van der Waals surface area contributed by atoms with Crippen LogP contribution in [0, 0.1) is 0 Å². The van der Waals surface area contributed by atoms with Crippen molar-refractivity contribution in [3.8, 4) is 0 Å². The summed E-state index contributed by atoms with van der Waals surface area (Å²) in [6, 6.07) is 0. The zero-order valence-electron chi connectivity index (χ0n) is 10.3. The molecule has 0 aromatic carbocycles. The summed E-state index contributed by atoms with van der Waals surface area (Å²) in [5.74, 6) is -0.639. The molecular weight excluding hydrogens is 204 g/mol. The van der Waals surface area contributed by atoms with E-state index in [2.05, 4.69) is 24.0 Å². The predicted octanol–water partition coefficient (Wildman–Crippen LogP) is 2.59. The monoisotopic (exact) mass is 226 g/mol. The van der Waals surface area contributed by atoms with Crippen LogP contribution in [0.3, 0.4) is 0 Å². The van der Waals surface area contributed by atoms with E-state index in [0.29, 0.717) is 12.0 Å². The van der Waals surface area contributed by atoms with Crippen LogP contribution in [0.2, 0.25) is 0 Å². The Bertz CT molecular complexity index is 252. The summed E-state index contributed by atoms with van der Waals surface area (Å²) in [7, 11) is 1.26. The Labute approximate surface area is 97.8 Å². The Morgan fingerprint density at radius 2 is 2.00 bits per heavy atom. The van der Waals surface area contributed by atoms with Crippen molar-refractivity contribution in [2.45, 2.75) is 51.6 Å². The molecule has 0 rings (SSSR count). The lowest BCUT2D eigenvalue weighted by Gasteiger charge is -2.10. The van der Waals surface area contributed by atoms with E-state index in [1.165, 1.54) is 26.4 Å². The number of carbonyl (C=O) groups is 1. The van der Waals surface area contributed by atoms with Gasteiger partial charge in [0.25, 0.3) is 0 Å². The van der Waals surface area contributed by atoms with E-state index < -0.39 is 12.1 Å². The van der Waals surface area contributed by atoms with Gasteiger partial charge in [0.05, 0.1) is 7.11 Å². The van der Waals surface area contributed by atoms with Gasteiger partial charge in [-0.3, -0.25) is 0 Å². The maximum Gasteiger partial charge on any atom is 0.339 e. The van der Waals surface area contributed by atoms with Gasteiger partial charge in [0.2, 0.25) is 0 Å². The molecule has 0 saturated heterocycles. The van der Waals surface area contributed by atoms with Crippen molar-refractivity contribution in [1.29, 1.82) is 0 Å². The van der Waals surface area contributed by atoms with Crippen LogP contribution in [-0.4, -0.2) is 24.3 Å². The maximum atomic E-state index is 11.1. The fourth-order valence-corrected chi connectivity index (χ4v) is 1.49. The van der Waals surface area contributed by atoms with Gasteiger partial charge in [0.1, 0.15) is 0 Å². The van der Waals surface area contributed by atoms with Gasteiger partial charge in [-0.1, -0.05) is 39.2 Å². The van der Waals surface area contributed by atoms with E-state index in [1.54, 1.807) is 0 Å². The first-order valence-corrected chi connectivity index (χ1v) is 5.82. The molecular formula is C13H22O3. The molecule has 16 heavy (non-hydrogen) atoms. The number of esters is 1. The molecule has 0 aliphatic carbocycles. The van der Waals surface area contributed by atoms with Gasteiger partial charge in [0.15, 0.2) is 6.10 Å². The third kappa shape index (κ3) is 5.74. The van der Waals surface area contributed by atoms with Crippen molar-refractivity contribution < 1.29 is 14.6 Å². The summed E-state index contributed by atoms with van der Waals surface area (Å²) >= 11 is 0. The number of aliphatic hydroxyl groups is 1. The molecule has 0 amide bonds. The van der Waals surface area contributed by atoms with Crippen LogP contribution in [0.5, 0.6) is 0 Å².